The Morgan fingerprint density at radius 2 is 1.85 bits per heavy atom. The molecule has 2 saturated carbocycles. The third kappa shape index (κ3) is 4.86. The summed E-state index contributed by atoms with van der Waals surface area (Å²) in [6, 6.07) is 4.04. The Kier molecular flexibility index (Phi) is 6.52. The van der Waals surface area contributed by atoms with Crippen LogP contribution in [0, 0.1) is 23.6 Å². The highest BCUT2D eigenvalue weighted by Gasteiger charge is 2.40. The first-order valence-corrected chi connectivity index (χ1v) is 10.5. The van der Waals surface area contributed by atoms with Crippen molar-refractivity contribution in [3.8, 4) is 0 Å². The Labute approximate surface area is 159 Å². The Balaban J connectivity index is 0.00000243. The number of amides is 1. The maximum atomic E-state index is 13.7. The van der Waals surface area contributed by atoms with Gasteiger partial charge in [-0.2, -0.15) is 0 Å². The molecule has 1 aromatic rings. The molecule has 2 atom stereocenters. The number of anilines is 2. The molecule has 1 amide bonds. The van der Waals surface area contributed by atoms with Gasteiger partial charge in [0.1, 0.15) is 5.82 Å². The van der Waals surface area contributed by atoms with Crippen molar-refractivity contribution < 1.29 is 17.6 Å². The molecule has 26 heavy (non-hydrogen) atoms. The first-order valence-electron chi connectivity index (χ1n) is 8.57. The van der Waals surface area contributed by atoms with Gasteiger partial charge in [0.05, 0.1) is 11.9 Å². The van der Waals surface area contributed by atoms with Gasteiger partial charge >= 0.3 is 0 Å². The van der Waals surface area contributed by atoms with Crippen LogP contribution in [0.3, 0.4) is 0 Å². The number of fused-ring (bicyclic) bond motifs is 2. The molecule has 0 spiro atoms. The number of carbonyl (C=O) groups is 1. The first kappa shape index (κ1) is 20.9. The van der Waals surface area contributed by atoms with Gasteiger partial charge in [-0.3, -0.25) is 9.52 Å². The lowest BCUT2D eigenvalue weighted by atomic mass is 9.65. The van der Waals surface area contributed by atoms with Crippen LogP contribution < -0.4 is 15.8 Å². The summed E-state index contributed by atoms with van der Waals surface area (Å²) in [5.74, 6) is -0.133. The Bertz CT molecular complexity index is 761. The Morgan fingerprint density at radius 1 is 1.23 bits per heavy atom. The summed E-state index contributed by atoms with van der Waals surface area (Å²) < 4.78 is 38.4. The molecule has 3 rings (SSSR count). The topological polar surface area (TPSA) is 101 Å². The highest BCUT2D eigenvalue weighted by atomic mass is 35.5. The molecule has 2 aliphatic rings. The number of nitrogens with one attached hydrogen (secondary N) is 2. The zero-order valence-corrected chi connectivity index (χ0v) is 16.2. The van der Waals surface area contributed by atoms with Crippen LogP contribution in [-0.2, 0) is 14.8 Å². The fourth-order valence-corrected chi connectivity index (χ4v) is 4.68. The average molecular weight is 406 g/mol. The number of benzene rings is 1. The summed E-state index contributed by atoms with van der Waals surface area (Å²) in [5.41, 5.74) is 6.45. The lowest BCUT2D eigenvalue weighted by molar-refractivity contribution is -0.122. The van der Waals surface area contributed by atoms with Crippen molar-refractivity contribution in [2.75, 3.05) is 16.3 Å². The molecule has 0 aromatic heterocycles. The molecule has 2 unspecified atom stereocenters. The fraction of sp³-hybridized carbons (Fsp3) is 0.588. The largest absolute Gasteiger partial charge is 0.327 e. The molecule has 2 fully saturated rings. The van der Waals surface area contributed by atoms with Crippen molar-refractivity contribution in [3.63, 3.8) is 0 Å². The lowest BCUT2D eigenvalue weighted by Crippen LogP contribution is -2.48. The number of nitrogens with two attached hydrogens (primary N) is 1. The van der Waals surface area contributed by atoms with Crippen LogP contribution >= 0.6 is 12.4 Å². The Hall–Kier alpha value is -1.38. The van der Waals surface area contributed by atoms with Crippen LogP contribution in [0.1, 0.15) is 32.1 Å². The molecule has 0 saturated heterocycles. The van der Waals surface area contributed by atoms with Crippen LogP contribution in [-0.4, -0.2) is 26.6 Å². The molecular formula is C17H25ClFN3O3S. The second-order valence-corrected chi connectivity index (χ2v) is 9.00. The van der Waals surface area contributed by atoms with Gasteiger partial charge in [0.15, 0.2) is 0 Å². The van der Waals surface area contributed by atoms with E-state index in [4.69, 9.17) is 5.73 Å². The average Bonchev–Trinajstić information content (AvgIpc) is 2.49. The highest BCUT2D eigenvalue weighted by Crippen LogP contribution is 2.42. The number of carbonyl (C=O) groups excluding carboxylic acids is 1. The zero-order valence-electron chi connectivity index (χ0n) is 14.6. The quantitative estimate of drug-likeness (QED) is 0.716. The van der Waals surface area contributed by atoms with Crippen molar-refractivity contribution >= 4 is 39.7 Å². The van der Waals surface area contributed by atoms with Gasteiger partial charge < -0.3 is 11.1 Å². The molecule has 0 radical (unpaired) electrons. The van der Waals surface area contributed by atoms with Crippen LogP contribution in [0.2, 0.25) is 0 Å². The summed E-state index contributed by atoms with van der Waals surface area (Å²) in [6.45, 7) is 0. The summed E-state index contributed by atoms with van der Waals surface area (Å²) in [5, 5.41) is 2.79. The van der Waals surface area contributed by atoms with Crippen molar-refractivity contribution in [1.29, 1.82) is 0 Å². The predicted molar refractivity (Wildman–Crippen MR) is 102 cm³/mol. The van der Waals surface area contributed by atoms with Crippen LogP contribution in [0.5, 0.6) is 0 Å². The summed E-state index contributed by atoms with van der Waals surface area (Å²) in [4.78, 5) is 12.6. The summed E-state index contributed by atoms with van der Waals surface area (Å²) >= 11 is 0. The first-order chi connectivity index (χ1) is 11.7. The van der Waals surface area contributed by atoms with Crippen LogP contribution in [0.4, 0.5) is 15.8 Å². The third-order valence-electron chi connectivity index (χ3n) is 5.31. The third-order valence-corrected chi connectivity index (χ3v) is 5.90. The number of hydrogen-bond acceptors (Lipinski definition) is 4. The van der Waals surface area contributed by atoms with E-state index in [1.54, 1.807) is 0 Å². The number of rotatable bonds is 4. The molecule has 2 aliphatic carbocycles. The number of sulfonamides is 1. The van der Waals surface area contributed by atoms with E-state index in [9.17, 15) is 17.6 Å². The molecule has 1 aromatic carbocycles. The standard InChI is InChI=1S/C17H24FN3O3S.ClH/c1-25(23,24)21-15-9-13(5-6-14(15)18)20-17(22)12-7-10-3-2-4-11(8-12)16(10)19;/h5-6,9-12,16,21H,2-4,7-8,19H2,1H3,(H,20,22);1H. The van der Waals surface area contributed by atoms with Gasteiger partial charge in [-0.05, 0) is 55.7 Å². The molecule has 9 heteroatoms. The van der Waals surface area contributed by atoms with Crippen molar-refractivity contribution in [2.24, 2.45) is 23.5 Å². The van der Waals surface area contributed by atoms with Gasteiger partial charge in [0.2, 0.25) is 15.9 Å². The normalized spacial score (nSPS) is 28.0. The fourth-order valence-electron chi connectivity index (χ4n) is 4.13. The number of halogens is 2. The smallest absolute Gasteiger partial charge is 0.229 e. The molecule has 146 valence electrons. The van der Waals surface area contributed by atoms with Gasteiger partial charge in [-0.15, -0.1) is 12.4 Å². The van der Waals surface area contributed by atoms with E-state index in [1.807, 2.05) is 0 Å². The van der Waals surface area contributed by atoms with Crippen molar-refractivity contribution in [1.82, 2.24) is 0 Å². The van der Waals surface area contributed by atoms with Gasteiger partial charge in [0.25, 0.3) is 0 Å². The van der Waals surface area contributed by atoms with E-state index in [1.165, 1.54) is 18.6 Å². The monoisotopic (exact) mass is 405 g/mol. The SMILES string of the molecule is CS(=O)(=O)Nc1cc(NC(=O)C2CC3CCCC(C2)C3N)ccc1F.Cl. The van der Waals surface area contributed by atoms with Crippen LogP contribution in [0.25, 0.3) is 0 Å². The zero-order chi connectivity index (χ0) is 18.2. The lowest BCUT2D eigenvalue weighted by Gasteiger charge is -2.43. The molecule has 2 bridgehead atoms. The van der Waals surface area contributed by atoms with E-state index in [-0.39, 0.29) is 36.0 Å². The summed E-state index contributed by atoms with van der Waals surface area (Å²) in [6.07, 6.45) is 5.82. The van der Waals surface area contributed by atoms with E-state index < -0.39 is 15.8 Å². The van der Waals surface area contributed by atoms with Crippen molar-refractivity contribution in [3.05, 3.63) is 24.0 Å². The van der Waals surface area contributed by atoms with Gasteiger partial charge in [0, 0.05) is 17.6 Å². The predicted octanol–water partition coefficient (Wildman–Crippen LogP) is 2.71. The van der Waals surface area contributed by atoms with E-state index in [0.29, 0.717) is 17.5 Å². The minimum Gasteiger partial charge on any atom is -0.327 e. The van der Waals surface area contributed by atoms with Crippen molar-refractivity contribution in [2.45, 2.75) is 38.1 Å². The van der Waals surface area contributed by atoms with E-state index >= 15 is 0 Å². The molecule has 4 N–H and O–H groups in total. The molecule has 0 heterocycles. The minimum absolute atomic E-state index is 0. The molecular weight excluding hydrogens is 381 g/mol. The second kappa shape index (κ2) is 8.10. The van der Waals surface area contributed by atoms with Gasteiger partial charge in [-0.1, -0.05) is 6.42 Å². The van der Waals surface area contributed by atoms with Gasteiger partial charge in [-0.25, -0.2) is 12.8 Å². The van der Waals surface area contributed by atoms with Crippen LogP contribution in [0.15, 0.2) is 18.2 Å². The Morgan fingerprint density at radius 3 is 2.42 bits per heavy atom. The van der Waals surface area contributed by atoms with E-state index in [2.05, 4.69) is 10.0 Å². The summed E-state index contributed by atoms with van der Waals surface area (Å²) in [7, 11) is -3.60. The highest BCUT2D eigenvalue weighted by molar-refractivity contribution is 7.92. The van der Waals surface area contributed by atoms with E-state index in [0.717, 1.165) is 38.0 Å². The maximum Gasteiger partial charge on any atom is 0.229 e. The second-order valence-electron chi connectivity index (χ2n) is 7.25. The number of hydrogen-bond donors (Lipinski definition) is 3. The minimum atomic E-state index is -3.60. The molecule has 0 aliphatic heterocycles. The maximum absolute atomic E-state index is 13.7. The molecule has 6 nitrogen and oxygen atoms in total.